The Balaban J connectivity index is 4.12. The van der Waals surface area contributed by atoms with Crippen molar-refractivity contribution in [3.8, 4) is 0 Å². The van der Waals surface area contributed by atoms with Gasteiger partial charge in [-0.25, -0.2) is 9.59 Å². The molecule has 0 heterocycles. The van der Waals surface area contributed by atoms with Gasteiger partial charge in [0.05, 0.1) is 0 Å². The fourth-order valence-electron chi connectivity index (χ4n) is 0.541. The van der Waals surface area contributed by atoms with Gasteiger partial charge in [-0.15, -0.1) is 0 Å². The number of amides is 1. The zero-order valence-corrected chi connectivity index (χ0v) is 8.25. The molecule has 0 atom stereocenters. The molecule has 0 fully saturated rings. The number of carboxylic acids is 1. The van der Waals surface area contributed by atoms with Gasteiger partial charge in [0.1, 0.15) is 0 Å². The van der Waals surface area contributed by atoms with Gasteiger partial charge in [0, 0.05) is 6.04 Å². The van der Waals surface area contributed by atoms with Gasteiger partial charge in [0.15, 0.2) is 0 Å². The third kappa shape index (κ3) is 4.35. The molecule has 2 N–H and O–H groups in total. The van der Waals surface area contributed by atoms with Gasteiger partial charge in [-0.1, -0.05) is 0 Å². The Morgan fingerprint density at radius 2 is 1.85 bits per heavy atom. The van der Waals surface area contributed by atoms with Crippen LogP contribution >= 0.6 is 0 Å². The molecular weight excluding hydrogens is 174 g/mol. The minimum atomic E-state index is -1.49. The molecule has 0 saturated heterocycles. The Morgan fingerprint density at radius 3 is 2.15 bits per heavy atom. The Morgan fingerprint density at radius 1 is 1.38 bits per heavy atom. The number of ether oxygens (including phenoxy) is 1. The second-order valence-corrected chi connectivity index (χ2v) is 3.50. The predicted molar refractivity (Wildman–Crippen MR) is 46.5 cm³/mol. The molecule has 13 heavy (non-hydrogen) atoms. The van der Waals surface area contributed by atoms with Crippen molar-refractivity contribution in [1.82, 2.24) is 5.32 Å². The molecule has 0 saturated carbocycles. The molecule has 1 amide bonds. The fraction of sp³-hybridized carbons (Fsp3) is 0.750. The lowest BCUT2D eigenvalue weighted by atomic mass is 10.1. The number of carbonyl (C=O) groups is 2. The number of hydrogen-bond donors (Lipinski definition) is 2. The lowest BCUT2D eigenvalue weighted by molar-refractivity contribution is -0.154. The first kappa shape index (κ1) is 11.7. The van der Waals surface area contributed by atoms with E-state index in [2.05, 4.69) is 10.1 Å². The first-order chi connectivity index (χ1) is 5.75. The van der Waals surface area contributed by atoms with Gasteiger partial charge in [0.25, 0.3) is 0 Å². The van der Waals surface area contributed by atoms with E-state index in [1.807, 2.05) is 0 Å². The van der Waals surface area contributed by atoms with Crippen LogP contribution in [0.3, 0.4) is 0 Å². The zero-order chi connectivity index (χ0) is 10.6. The maximum atomic E-state index is 11.0. The van der Waals surface area contributed by atoms with Gasteiger partial charge in [0.2, 0.25) is 5.60 Å². The summed E-state index contributed by atoms with van der Waals surface area (Å²) in [5.74, 6) is -1.17. The van der Waals surface area contributed by atoms with E-state index in [9.17, 15) is 9.59 Å². The SMILES string of the molecule is CC(C)NC(=O)OC(C)(C)C(=O)O. The molecule has 0 aliphatic carbocycles. The van der Waals surface area contributed by atoms with Gasteiger partial charge < -0.3 is 15.2 Å². The van der Waals surface area contributed by atoms with Crippen LogP contribution in [0.5, 0.6) is 0 Å². The summed E-state index contributed by atoms with van der Waals surface area (Å²) in [5, 5.41) is 11.0. The minimum absolute atomic E-state index is 0.0721. The van der Waals surface area contributed by atoms with Crippen LogP contribution in [0.1, 0.15) is 27.7 Å². The number of hydrogen-bond acceptors (Lipinski definition) is 3. The van der Waals surface area contributed by atoms with Crippen molar-refractivity contribution in [3.05, 3.63) is 0 Å². The Labute approximate surface area is 77.1 Å². The summed E-state index contributed by atoms with van der Waals surface area (Å²) in [6, 6.07) is -0.0721. The molecule has 0 spiro atoms. The van der Waals surface area contributed by atoms with E-state index in [1.165, 1.54) is 13.8 Å². The Kier molecular flexibility index (Phi) is 3.71. The predicted octanol–water partition coefficient (Wildman–Crippen LogP) is 0.984. The Hall–Kier alpha value is -1.26. The molecule has 0 aromatic heterocycles. The summed E-state index contributed by atoms with van der Waals surface area (Å²) >= 11 is 0. The molecule has 0 bridgehead atoms. The first-order valence-corrected chi connectivity index (χ1v) is 3.98. The maximum Gasteiger partial charge on any atom is 0.408 e. The molecule has 0 unspecified atom stereocenters. The number of carbonyl (C=O) groups excluding carboxylic acids is 1. The molecule has 0 aliphatic rings. The van der Waals surface area contributed by atoms with E-state index < -0.39 is 17.7 Å². The molecule has 5 nitrogen and oxygen atoms in total. The summed E-state index contributed by atoms with van der Waals surface area (Å²) < 4.78 is 4.66. The quantitative estimate of drug-likeness (QED) is 0.694. The first-order valence-electron chi connectivity index (χ1n) is 3.98. The minimum Gasteiger partial charge on any atom is -0.478 e. The average Bonchev–Trinajstić information content (AvgIpc) is 1.82. The third-order valence-corrected chi connectivity index (χ3v) is 1.27. The standard InChI is InChI=1S/C8H15NO4/c1-5(2)9-7(12)13-8(3,4)6(10)11/h5H,1-4H3,(H,9,12)(H,10,11). The van der Waals surface area contributed by atoms with E-state index in [0.717, 1.165) is 0 Å². The molecular formula is C8H15NO4. The second kappa shape index (κ2) is 4.11. The van der Waals surface area contributed by atoms with Crippen LogP contribution in [0.4, 0.5) is 4.79 Å². The molecule has 5 heteroatoms. The number of aliphatic carboxylic acids is 1. The van der Waals surface area contributed by atoms with Crippen molar-refractivity contribution in [2.45, 2.75) is 39.3 Å². The van der Waals surface area contributed by atoms with Gasteiger partial charge in [-0.2, -0.15) is 0 Å². The summed E-state index contributed by atoms with van der Waals surface area (Å²) in [7, 11) is 0. The topological polar surface area (TPSA) is 75.6 Å². The highest BCUT2D eigenvalue weighted by atomic mass is 16.6. The highest BCUT2D eigenvalue weighted by molar-refractivity contribution is 5.80. The van der Waals surface area contributed by atoms with Crippen molar-refractivity contribution in [3.63, 3.8) is 0 Å². The van der Waals surface area contributed by atoms with E-state index in [-0.39, 0.29) is 6.04 Å². The molecule has 0 rings (SSSR count). The van der Waals surface area contributed by atoms with E-state index >= 15 is 0 Å². The van der Waals surface area contributed by atoms with Crippen molar-refractivity contribution in [2.24, 2.45) is 0 Å². The van der Waals surface area contributed by atoms with Crippen LogP contribution in [0.25, 0.3) is 0 Å². The van der Waals surface area contributed by atoms with Crippen LogP contribution in [-0.2, 0) is 9.53 Å². The smallest absolute Gasteiger partial charge is 0.408 e. The summed E-state index contributed by atoms with van der Waals surface area (Å²) in [4.78, 5) is 21.5. The van der Waals surface area contributed by atoms with E-state index in [4.69, 9.17) is 5.11 Å². The monoisotopic (exact) mass is 189 g/mol. The van der Waals surface area contributed by atoms with Crippen LogP contribution in [0, 0.1) is 0 Å². The zero-order valence-electron chi connectivity index (χ0n) is 8.25. The third-order valence-electron chi connectivity index (χ3n) is 1.27. The van der Waals surface area contributed by atoms with Gasteiger partial charge in [-0.05, 0) is 27.7 Å². The van der Waals surface area contributed by atoms with Crippen LogP contribution in [0.15, 0.2) is 0 Å². The lowest BCUT2D eigenvalue weighted by Gasteiger charge is -2.20. The van der Waals surface area contributed by atoms with Gasteiger partial charge >= 0.3 is 12.1 Å². The number of alkyl carbamates (subject to hydrolysis) is 1. The number of rotatable bonds is 3. The molecule has 0 aliphatic heterocycles. The molecule has 0 radical (unpaired) electrons. The normalized spacial score (nSPS) is 11.2. The van der Waals surface area contributed by atoms with E-state index in [0.29, 0.717) is 0 Å². The lowest BCUT2D eigenvalue weighted by Crippen LogP contribution is -2.42. The van der Waals surface area contributed by atoms with E-state index in [1.54, 1.807) is 13.8 Å². The Bertz CT molecular complexity index is 210. The molecule has 0 aromatic rings. The highest BCUT2D eigenvalue weighted by Crippen LogP contribution is 2.09. The number of nitrogens with one attached hydrogen (secondary N) is 1. The average molecular weight is 189 g/mol. The van der Waals surface area contributed by atoms with Crippen molar-refractivity contribution < 1.29 is 19.4 Å². The van der Waals surface area contributed by atoms with Crippen molar-refractivity contribution >= 4 is 12.1 Å². The molecule has 0 aromatic carbocycles. The highest BCUT2D eigenvalue weighted by Gasteiger charge is 2.31. The molecule has 76 valence electrons. The largest absolute Gasteiger partial charge is 0.478 e. The number of carboxylic acid groups (broad SMARTS) is 1. The van der Waals surface area contributed by atoms with Crippen LogP contribution in [-0.4, -0.2) is 28.8 Å². The summed E-state index contributed by atoms with van der Waals surface area (Å²) in [6.07, 6.45) is -0.720. The fourth-order valence-corrected chi connectivity index (χ4v) is 0.541. The summed E-state index contributed by atoms with van der Waals surface area (Å²) in [5.41, 5.74) is -1.49. The van der Waals surface area contributed by atoms with Crippen molar-refractivity contribution in [1.29, 1.82) is 0 Å². The van der Waals surface area contributed by atoms with Crippen LogP contribution in [0.2, 0.25) is 0 Å². The van der Waals surface area contributed by atoms with Gasteiger partial charge in [-0.3, -0.25) is 0 Å². The second-order valence-electron chi connectivity index (χ2n) is 3.50. The maximum absolute atomic E-state index is 11.0. The van der Waals surface area contributed by atoms with Crippen molar-refractivity contribution in [2.75, 3.05) is 0 Å². The van der Waals surface area contributed by atoms with Crippen LogP contribution < -0.4 is 5.32 Å². The summed E-state index contributed by atoms with van der Waals surface area (Å²) in [6.45, 7) is 6.15.